The first-order chi connectivity index (χ1) is 12.4. The molecule has 2 unspecified atom stereocenters. The lowest BCUT2D eigenvalue weighted by molar-refractivity contribution is -0.136. The molecule has 6 nitrogen and oxygen atoms in total. The lowest BCUT2D eigenvalue weighted by Gasteiger charge is -2.39. The van der Waals surface area contributed by atoms with Crippen LogP contribution in [0.4, 0.5) is 0 Å². The van der Waals surface area contributed by atoms with Gasteiger partial charge in [-0.2, -0.15) is 0 Å². The minimum atomic E-state index is -0.550. The van der Waals surface area contributed by atoms with Gasteiger partial charge in [0.2, 0.25) is 11.8 Å². The zero-order chi connectivity index (χ0) is 18.5. The SMILES string of the molecule is CC1(C)CNCCC1c1ccc2c(c1)CN(C1CCC(=O)NC1=O)C2=O. The molecular weight excluding hydrogens is 330 g/mol. The van der Waals surface area contributed by atoms with Gasteiger partial charge in [0.25, 0.3) is 5.91 Å². The number of amides is 3. The van der Waals surface area contributed by atoms with E-state index in [1.54, 1.807) is 4.90 Å². The minimum Gasteiger partial charge on any atom is -0.322 e. The van der Waals surface area contributed by atoms with E-state index < -0.39 is 6.04 Å². The molecule has 2 atom stereocenters. The number of fused-ring (bicyclic) bond motifs is 1. The standard InChI is InChI=1S/C20H25N3O3/c1-20(2)11-21-8-7-15(20)12-3-4-14-13(9-12)10-23(19(14)26)16-5-6-17(24)22-18(16)25/h3-4,9,15-16,21H,5-8,10-11H2,1-2H3,(H,22,24,25). The lowest BCUT2D eigenvalue weighted by Crippen LogP contribution is -2.52. The molecule has 3 heterocycles. The first kappa shape index (κ1) is 17.2. The van der Waals surface area contributed by atoms with Gasteiger partial charge in [0.15, 0.2) is 0 Å². The summed E-state index contributed by atoms with van der Waals surface area (Å²) in [7, 11) is 0. The van der Waals surface area contributed by atoms with Gasteiger partial charge in [-0.15, -0.1) is 0 Å². The number of carbonyl (C=O) groups excluding carboxylic acids is 3. The molecule has 138 valence electrons. The monoisotopic (exact) mass is 355 g/mol. The number of piperidine rings is 2. The number of nitrogens with zero attached hydrogens (tertiary/aromatic N) is 1. The van der Waals surface area contributed by atoms with E-state index in [9.17, 15) is 14.4 Å². The summed E-state index contributed by atoms with van der Waals surface area (Å²) in [5.74, 6) is -0.271. The van der Waals surface area contributed by atoms with Gasteiger partial charge in [-0.05, 0) is 47.9 Å². The van der Waals surface area contributed by atoms with Crippen LogP contribution in [0.2, 0.25) is 0 Å². The third-order valence-corrected chi connectivity index (χ3v) is 6.08. The fourth-order valence-corrected chi connectivity index (χ4v) is 4.60. The lowest BCUT2D eigenvalue weighted by atomic mass is 9.71. The number of nitrogens with one attached hydrogen (secondary N) is 2. The van der Waals surface area contributed by atoms with E-state index in [0.29, 0.717) is 24.4 Å². The zero-order valence-corrected chi connectivity index (χ0v) is 15.3. The highest BCUT2D eigenvalue weighted by molar-refractivity contribution is 6.05. The Balaban J connectivity index is 1.59. The Labute approximate surface area is 153 Å². The molecule has 0 spiro atoms. The summed E-state index contributed by atoms with van der Waals surface area (Å²) < 4.78 is 0. The molecule has 3 aliphatic rings. The number of imide groups is 1. The second-order valence-corrected chi connectivity index (χ2v) is 8.32. The van der Waals surface area contributed by atoms with Crippen LogP contribution in [-0.2, 0) is 16.1 Å². The average molecular weight is 355 g/mol. The largest absolute Gasteiger partial charge is 0.322 e. The van der Waals surface area contributed by atoms with Gasteiger partial charge in [0, 0.05) is 25.1 Å². The summed E-state index contributed by atoms with van der Waals surface area (Å²) in [5.41, 5.74) is 3.11. The van der Waals surface area contributed by atoms with Crippen molar-refractivity contribution in [3.8, 4) is 0 Å². The van der Waals surface area contributed by atoms with E-state index in [-0.39, 0.29) is 29.6 Å². The summed E-state index contributed by atoms with van der Waals surface area (Å²) in [6.07, 6.45) is 1.76. The summed E-state index contributed by atoms with van der Waals surface area (Å²) in [5, 5.41) is 5.81. The van der Waals surface area contributed by atoms with Gasteiger partial charge in [0.1, 0.15) is 6.04 Å². The number of hydrogen-bond donors (Lipinski definition) is 2. The molecule has 0 aliphatic carbocycles. The second-order valence-electron chi connectivity index (χ2n) is 8.32. The van der Waals surface area contributed by atoms with Crippen LogP contribution in [0.25, 0.3) is 0 Å². The van der Waals surface area contributed by atoms with Crippen LogP contribution in [0.15, 0.2) is 18.2 Å². The predicted octanol–water partition coefficient (Wildman–Crippen LogP) is 1.55. The van der Waals surface area contributed by atoms with Gasteiger partial charge < -0.3 is 10.2 Å². The summed E-state index contributed by atoms with van der Waals surface area (Å²) in [6, 6.07) is 5.59. The quantitative estimate of drug-likeness (QED) is 0.789. The Bertz CT molecular complexity index is 787. The van der Waals surface area contributed by atoms with E-state index in [0.717, 1.165) is 25.1 Å². The normalized spacial score (nSPS) is 28.1. The fraction of sp³-hybridized carbons (Fsp3) is 0.550. The van der Waals surface area contributed by atoms with Crippen LogP contribution in [0, 0.1) is 5.41 Å². The number of benzene rings is 1. The molecule has 2 fully saturated rings. The van der Waals surface area contributed by atoms with Gasteiger partial charge in [-0.1, -0.05) is 26.0 Å². The van der Waals surface area contributed by atoms with E-state index in [2.05, 4.69) is 36.6 Å². The van der Waals surface area contributed by atoms with Crippen molar-refractivity contribution >= 4 is 17.7 Å². The molecule has 1 aromatic rings. The fourth-order valence-electron chi connectivity index (χ4n) is 4.60. The Morgan fingerprint density at radius 1 is 1.15 bits per heavy atom. The highest BCUT2D eigenvalue weighted by Crippen LogP contribution is 2.41. The molecule has 1 aromatic carbocycles. The Hall–Kier alpha value is -2.21. The highest BCUT2D eigenvalue weighted by Gasteiger charge is 2.40. The van der Waals surface area contributed by atoms with Gasteiger partial charge in [-0.3, -0.25) is 19.7 Å². The van der Waals surface area contributed by atoms with E-state index >= 15 is 0 Å². The molecule has 2 N–H and O–H groups in total. The van der Waals surface area contributed by atoms with E-state index in [1.165, 1.54) is 5.56 Å². The third kappa shape index (κ3) is 2.82. The molecule has 3 amide bonds. The maximum absolute atomic E-state index is 12.8. The topological polar surface area (TPSA) is 78.5 Å². The molecule has 4 rings (SSSR count). The van der Waals surface area contributed by atoms with Crippen molar-refractivity contribution in [3.63, 3.8) is 0 Å². The average Bonchev–Trinajstić information content (AvgIpc) is 2.90. The first-order valence-electron chi connectivity index (χ1n) is 9.35. The van der Waals surface area contributed by atoms with Crippen LogP contribution < -0.4 is 10.6 Å². The first-order valence-corrected chi connectivity index (χ1v) is 9.35. The number of carbonyl (C=O) groups is 3. The minimum absolute atomic E-state index is 0.106. The van der Waals surface area contributed by atoms with Crippen LogP contribution in [-0.4, -0.2) is 41.8 Å². The maximum atomic E-state index is 12.8. The van der Waals surface area contributed by atoms with Crippen molar-refractivity contribution in [2.75, 3.05) is 13.1 Å². The zero-order valence-electron chi connectivity index (χ0n) is 15.3. The Morgan fingerprint density at radius 3 is 2.69 bits per heavy atom. The van der Waals surface area contributed by atoms with Gasteiger partial charge >= 0.3 is 0 Å². The van der Waals surface area contributed by atoms with Crippen LogP contribution in [0.1, 0.15) is 60.5 Å². The van der Waals surface area contributed by atoms with Crippen molar-refractivity contribution < 1.29 is 14.4 Å². The second kappa shape index (κ2) is 6.20. The van der Waals surface area contributed by atoms with Gasteiger partial charge in [0.05, 0.1) is 0 Å². The van der Waals surface area contributed by atoms with Crippen molar-refractivity contribution in [1.29, 1.82) is 0 Å². The smallest absolute Gasteiger partial charge is 0.255 e. The van der Waals surface area contributed by atoms with Crippen molar-refractivity contribution in [2.24, 2.45) is 5.41 Å². The van der Waals surface area contributed by atoms with Crippen molar-refractivity contribution in [2.45, 2.75) is 51.6 Å². The van der Waals surface area contributed by atoms with E-state index in [1.807, 2.05) is 6.07 Å². The molecule has 0 radical (unpaired) electrons. The predicted molar refractivity (Wildman–Crippen MR) is 96.5 cm³/mol. The van der Waals surface area contributed by atoms with Crippen LogP contribution >= 0.6 is 0 Å². The summed E-state index contributed by atoms with van der Waals surface area (Å²) in [6.45, 7) is 6.98. The van der Waals surface area contributed by atoms with Gasteiger partial charge in [-0.25, -0.2) is 0 Å². The molecule has 26 heavy (non-hydrogen) atoms. The molecule has 0 saturated carbocycles. The molecular formula is C20H25N3O3. The molecule has 0 bridgehead atoms. The Kier molecular flexibility index (Phi) is 4.10. The number of hydrogen-bond acceptors (Lipinski definition) is 4. The van der Waals surface area contributed by atoms with Crippen molar-refractivity contribution in [3.05, 3.63) is 34.9 Å². The molecule has 0 aromatic heterocycles. The molecule has 2 saturated heterocycles. The van der Waals surface area contributed by atoms with E-state index in [4.69, 9.17) is 0 Å². The number of rotatable bonds is 2. The molecule has 3 aliphatic heterocycles. The molecule has 6 heteroatoms. The van der Waals surface area contributed by atoms with Crippen LogP contribution in [0.5, 0.6) is 0 Å². The maximum Gasteiger partial charge on any atom is 0.255 e. The Morgan fingerprint density at radius 2 is 1.96 bits per heavy atom. The van der Waals surface area contributed by atoms with Crippen molar-refractivity contribution in [1.82, 2.24) is 15.5 Å². The summed E-state index contributed by atoms with van der Waals surface area (Å²) in [4.78, 5) is 37.9. The highest BCUT2D eigenvalue weighted by atomic mass is 16.2. The third-order valence-electron chi connectivity index (χ3n) is 6.08. The van der Waals surface area contributed by atoms with Crippen LogP contribution in [0.3, 0.4) is 0 Å². The summed E-state index contributed by atoms with van der Waals surface area (Å²) >= 11 is 0.